The molecule has 0 bridgehead atoms. The van der Waals surface area contributed by atoms with Crippen LogP contribution in [0.25, 0.3) is 0 Å². The van der Waals surface area contributed by atoms with Gasteiger partial charge in [-0.3, -0.25) is 4.79 Å². The highest BCUT2D eigenvalue weighted by Gasteiger charge is 2.28. The Morgan fingerprint density at radius 1 is 1.07 bits per heavy atom. The molecule has 0 radical (unpaired) electrons. The number of benzene rings is 1. The van der Waals surface area contributed by atoms with Gasteiger partial charge in [-0.2, -0.15) is 0 Å². The van der Waals surface area contributed by atoms with Crippen molar-refractivity contribution in [3.8, 4) is 0 Å². The molecule has 1 aliphatic carbocycles. The van der Waals surface area contributed by atoms with Crippen LogP contribution in [0.5, 0.6) is 0 Å². The molecule has 28 heavy (non-hydrogen) atoms. The van der Waals surface area contributed by atoms with Crippen LogP contribution in [-0.2, 0) is 0 Å². The summed E-state index contributed by atoms with van der Waals surface area (Å²) >= 11 is 0. The van der Waals surface area contributed by atoms with E-state index in [0.29, 0.717) is 18.0 Å². The predicted octanol–water partition coefficient (Wildman–Crippen LogP) is 3.72. The third kappa shape index (κ3) is 4.55. The number of carbonyl (C=O) groups is 1. The Morgan fingerprint density at radius 3 is 2.36 bits per heavy atom. The van der Waals surface area contributed by atoms with Crippen molar-refractivity contribution in [3.05, 3.63) is 53.5 Å². The summed E-state index contributed by atoms with van der Waals surface area (Å²) in [5.41, 5.74) is 0.750. The SMILES string of the molecule is CN(C)c1ccnc(NC2CCCCC2NC(=O)c2cc(F)c(F)c(F)c2)c1. The molecule has 2 atom stereocenters. The number of carbonyl (C=O) groups excluding carboxylic acids is 1. The first-order chi connectivity index (χ1) is 13.3. The summed E-state index contributed by atoms with van der Waals surface area (Å²) in [5.74, 6) is -4.29. The van der Waals surface area contributed by atoms with E-state index in [-0.39, 0.29) is 17.6 Å². The van der Waals surface area contributed by atoms with Crippen molar-refractivity contribution in [1.29, 1.82) is 0 Å². The second-order valence-electron chi connectivity index (χ2n) is 7.16. The van der Waals surface area contributed by atoms with Crippen molar-refractivity contribution in [2.24, 2.45) is 0 Å². The molecule has 1 saturated carbocycles. The quantitative estimate of drug-likeness (QED) is 0.762. The van der Waals surface area contributed by atoms with Gasteiger partial charge in [0.05, 0.1) is 0 Å². The largest absolute Gasteiger partial charge is 0.378 e. The first-order valence-corrected chi connectivity index (χ1v) is 9.20. The van der Waals surface area contributed by atoms with Crippen LogP contribution in [-0.4, -0.2) is 37.1 Å². The monoisotopic (exact) mass is 392 g/mol. The maximum absolute atomic E-state index is 13.4. The molecule has 2 aromatic rings. The number of halogens is 3. The van der Waals surface area contributed by atoms with E-state index in [0.717, 1.165) is 31.4 Å². The van der Waals surface area contributed by atoms with E-state index in [1.807, 2.05) is 31.1 Å². The van der Waals surface area contributed by atoms with E-state index in [4.69, 9.17) is 0 Å². The fraction of sp³-hybridized carbons (Fsp3) is 0.400. The Bertz CT molecular complexity index is 836. The highest BCUT2D eigenvalue weighted by molar-refractivity contribution is 5.94. The number of hydrogen-bond acceptors (Lipinski definition) is 4. The Kier molecular flexibility index (Phi) is 6.06. The summed E-state index contributed by atoms with van der Waals surface area (Å²) in [4.78, 5) is 18.7. The summed E-state index contributed by atoms with van der Waals surface area (Å²) in [6, 6.07) is 4.92. The number of nitrogens with zero attached hydrogens (tertiary/aromatic N) is 2. The Balaban J connectivity index is 1.73. The minimum atomic E-state index is -1.58. The lowest BCUT2D eigenvalue weighted by Crippen LogP contribution is -2.48. The Hall–Kier alpha value is -2.77. The zero-order chi connectivity index (χ0) is 20.3. The van der Waals surface area contributed by atoms with Gasteiger partial charge in [0.15, 0.2) is 17.5 Å². The fourth-order valence-electron chi connectivity index (χ4n) is 3.38. The van der Waals surface area contributed by atoms with Gasteiger partial charge >= 0.3 is 0 Å². The number of nitrogens with one attached hydrogen (secondary N) is 2. The molecule has 150 valence electrons. The van der Waals surface area contributed by atoms with Crippen LogP contribution in [0.1, 0.15) is 36.0 Å². The van der Waals surface area contributed by atoms with E-state index in [1.54, 1.807) is 6.20 Å². The van der Waals surface area contributed by atoms with Crippen molar-refractivity contribution < 1.29 is 18.0 Å². The molecule has 1 heterocycles. The molecule has 1 fully saturated rings. The van der Waals surface area contributed by atoms with Crippen molar-refractivity contribution >= 4 is 17.4 Å². The molecule has 1 aromatic heterocycles. The molecule has 1 amide bonds. The molecular formula is C20H23F3N4O. The molecule has 0 saturated heterocycles. The first-order valence-electron chi connectivity index (χ1n) is 9.20. The number of anilines is 2. The normalized spacial score (nSPS) is 19.2. The lowest BCUT2D eigenvalue weighted by molar-refractivity contribution is 0.0922. The highest BCUT2D eigenvalue weighted by Crippen LogP contribution is 2.24. The smallest absolute Gasteiger partial charge is 0.251 e. The van der Waals surface area contributed by atoms with Gasteiger partial charge in [-0.15, -0.1) is 0 Å². The molecule has 1 aliphatic rings. The van der Waals surface area contributed by atoms with Gasteiger partial charge < -0.3 is 15.5 Å². The van der Waals surface area contributed by atoms with Gasteiger partial charge in [-0.25, -0.2) is 18.2 Å². The summed E-state index contributed by atoms with van der Waals surface area (Å²) in [6.07, 6.45) is 5.18. The van der Waals surface area contributed by atoms with Crippen molar-refractivity contribution in [2.45, 2.75) is 37.8 Å². The van der Waals surface area contributed by atoms with Crippen molar-refractivity contribution in [3.63, 3.8) is 0 Å². The minimum absolute atomic E-state index is 0.0715. The second kappa shape index (κ2) is 8.50. The van der Waals surface area contributed by atoms with Gasteiger partial charge in [-0.1, -0.05) is 12.8 Å². The Morgan fingerprint density at radius 2 is 1.71 bits per heavy atom. The topological polar surface area (TPSA) is 57.3 Å². The average Bonchev–Trinajstić information content (AvgIpc) is 2.67. The molecular weight excluding hydrogens is 369 g/mol. The summed E-state index contributed by atoms with van der Waals surface area (Å²) in [6.45, 7) is 0. The van der Waals surface area contributed by atoms with Gasteiger partial charge in [0.2, 0.25) is 0 Å². The van der Waals surface area contributed by atoms with Crippen molar-refractivity contribution in [1.82, 2.24) is 10.3 Å². The summed E-state index contributed by atoms with van der Waals surface area (Å²) in [5, 5.41) is 6.18. The second-order valence-corrected chi connectivity index (χ2v) is 7.16. The zero-order valence-corrected chi connectivity index (χ0v) is 15.8. The third-order valence-corrected chi connectivity index (χ3v) is 4.92. The minimum Gasteiger partial charge on any atom is -0.378 e. The van der Waals surface area contributed by atoms with Crippen LogP contribution in [0.3, 0.4) is 0 Å². The van der Waals surface area contributed by atoms with Crippen LogP contribution in [0.2, 0.25) is 0 Å². The van der Waals surface area contributed by atoms with E-state index in [9.17, 15) is 18.0 Å². The lowest BCUT2D eigenvalue weighted by Gasteiger charge is -2.33. The molecule has 5 nitrogen and oxygen atoms in total. The van der Waals surface area contributed by atoms with Crippen LogP contribution < -0.4 is 15.5 Å². The molecule has 1 aromatic carbocycles. The number of pyridine rings is 1. The van der Waals surface area contributed by atoms with E-state index in [1.165, 1.54) is 0 Å². The third-order valence-electron chi connectivity index (χ3n) is 4.92. The summed E-state index contributed by atoms with van der Waals surface area (Å²) < 4.78 is 40.0. The van der Waals surface area contributed by atoms with Gasteiger partial charge in [0.25, 0.3) is 5.91 Å². The number of hydrogen-bond donors (Lipinski definition) is 2. The van der Waals surface area contributed by atoms with Gasteiger partial charge in [0.1, 0.15) is 5.82 Å². The van der Waals surface area contributed by atoms with E-state index in [2.05, 4.69) is 15.6 Å². The van der Waals surface area contributed by atoms with Gasteiger partial charge in [-0.05, 0) is 31.0 Å². The molecule has 2 N–H and O–H groups in total. The van der Waals surface area contributed by atoms with Gasteiger partial charge in [0, 0.05) is 49.7 Å². The summed E-state index contributed by atoms with van der Waals surface area (Å²) in [7, 11) is 3.87. The molecule has 2 unspecified atom stereocenters. The predicted molar refractivity (Wildman–Crippen MR) is 102 cm³/mol. The maximum Gasteiger partial charge on any atom is 0.251 e. The number of amides is 1. The number of aromatic nitrogens is 1. The highest BCUT2D eigenvalue weighted by atomic mass is 19.2. The van der Waals surface area contributed by atoms with Crippen LogP contribution >= 0.6 is 0 Å². The van der Waals surface area contributed by atoms with Crippen LogP contribution in [0, 0.1) is 17.5 Å². The van der Waals surface area contributed by atoms with Crippen LogP contribution in [0.4, 0.5) is 24.7 Å². The van der Waals surface area contributed by atoms with Crippen molar-refractivity contribution in [2.75, 3.05) is 24.3 Å². The standard InChI is InChI=1S/C20H23F3N4O/c1-27(2)13-7-8-24-18(11-13)25-16-5-3-4-6-17(16)26-20(28)12-9-14(21)19(23)15(22)10-12/h7-11,16-17H,3-6H2,1-2H3,(H,24,25)(H,26,28). The molecule has 3 rings (SSSR count). The lowest BCUT2D eigenvalue weighted by atomic mass is 9.90. The number of rotatable bonds is 5. The molecule has 0 aliphatic heterocycles. The average molecular weight is 392 g/mol. The van der Waals surface area contributed by atoms with E-state index >= 15 is 0 Å². The Labute approximate surface area is 162 Å². The first kappa shape index (κ1) is 20.0. The zero-order valence-electron chi connectivity index (χ0n) is 15.8. The fourth-order valence-corrected chi connectivity index (χ4v) is 3.38. The van der Waals surface area contributed by atoms with E-state index < -0.39 is 23.4 Å². The van der Waals surface area contributed by atoms with Crippen LogP contribution in [0.15, 0.2) is 30.5 Å². The molecule has 0 spiro atoms. The molecule has 8 heteroatoms. The maximum atomic E-state index is 13.4.